The third-order valence-electron chi connectivity index (χ3n) is 6.50. The molecular weight excluding hydrogens is 492 g/mol. The van der Waals surface area contributed by atoms with Crippen molar-refractivity contribution < 1.29 is 9.90 Å². The molecule has 0 atom stereocenters. The lowest BCUT2D eigenvalue weighted by molar-refractivity contribution is -0.132. The third-order valence-corrected chi connectivity index (χ3v) is 6.50. The lowest BCUT2D eigenvalue weighted by atomic mass is 10.0. The molecule has 0 saturated carbocycles. The molecule has 192 valence electrons. The maximum Gasteiger partial charge on any atom is 0.333 e. The average Bonchev–Trinajstić information content (AvgIpc) is 3.01. The predicted octanol–water partition coefficient (Wildman–Crippen LogP) is 9.39. The Morgan fingerprint density at radius 2 is 1.00 bits per heavy atom. The van der Waals surface area contributed by atoms with E-state index in [1.807, 2.05) is 60.7 Å². The number of nitrogens with zero attached hydrogens (tertiary/aromatic N) is 2. The molecule has 0 aromatic heterocycles. The minimum Gasteiger partial charge on any atom is -0.486 e. The summed E-state index contributed by atoms with van der Waals surface area (Å²) in [5, 5.41) is 9.03. The van der Waals surface area contributed by atoms with Crippen LogP contribution < -0.4 is 4.90 Å². The van der Waals surface area contributed by atoms with Gasteiger partial charge in [0.1, 0.15) is 0 Å². The van der Waals surface area contributed by atoms with Crippen molar-refractivity contribution in [3.05, 3.63) is 168 Å². The molecule has 0 fully saturated rings. The van der Waals surface area contributed by atoms with Gasteiger partial charge in [-0.2, -0.15) is 0 Å². The molecule has 0 aliphatic carbocycles. The molecule has 4 nitrogen and oxygen atoms in total. The number of carboxylic acids is 1. The van der Waals surface area contributed by atoms with Crippen LogP contribution >= 0.6 is 0 Å². The van der Waals surface area contributed by atoms with Crippen molar-refractivity contribution in [1.29, 1.82) is 0 Å². The largest absolute Gasteiger partial charge is 0.486 e. The van der Waals surface area contributed by atoms with Crippen LogP contribution in [-0.4, -0.2) is 11.1 Å². The molecule has 4 heteroatoms. The topological polar surface area (TPSA) is 44.9 Å². The highest BCUT2D eigenvalue weighted by Gasteiger charge is 2.13. The summed E-state index contributed by atoms with van der Waals surface area (Å²) in [5.41, 5.74) is 8.26. The molecule has 0 heterocycles. The van der Waals surface area contributed by atoms with Gasteiger partial charge < -0.3 is 10.0 Å². The minimum atomic E-state index is -1.23. The summed E-state index contributed by atoms with van der Waals surface area (Å²) in [5.74, 6) is -1.23. The number of allylic oxidation sites excluding steroid dienone is 2. The van der Waals surface area contributed by atoms with E-state index < -0.39 is 5.97 Å². The lowest BCUT2D eigenvalue weighted by Crippen LogP contribution is -2.09. The number of hydrogen-bond donors (Lipinski definition) is 1. The number of rotatable bonds is 8. The van der Waals surface area contributed by atoms with Crippen molar-refractivity contribution in [2.45, 2.75) is 0 Å². The van der Waals surface area contributed by atoms with Crippen molar-refractivity contribution in [3.63, 3.8) is 0 Å². The van der Waals surface area contributed by atoms with Gasteiger partial charge in [-0.3, -0.25) is 4.79 Å². The summed E-state index contributed by atoms with van der Waals surface area (Å²) >= 11 is 0. The number of aliphatic carboxylic acids is 1. The van der Waals surface area contributed by atoms with Crippen LogP contribution in [0.25, 0.3) is 33.2 Å². The Labute approximate surface area is 234 Å². The highest BCUT2D eigenvalue weighted by molar-refractivity contribution is 5.89. The maximum absolute atomic E-state index is 11.0. The van der Waals surface area contributed by atoms with E-state index in [1.54, 1.807) is 12.2 Å². The molecule has 5 aromatic carbocycles. The molecular formula is C36H26N2O2. The summed E-state index contributed by atoms with van der Waals surface area (Å²) in [6, 6.07) is 45.7. The zero-order chi connectivity index (χ0) is 27.7. The smallest absolute Gasteiger partial charge is 0.333 e. The van der Waals surface area contributed by atoms with Gasteiger partial charge in [0, 0.05) is 17.1 Å². The standard InChI is InChI=1S/C36H26N2O2/c1-37-35(36(39)40)14-8-9-27-15-21-32(22-16-27)38(33-23-17-30(18-24-33)28-10-4-2-5-11-28)34-25-19-31(20-26-34)29-12-6-3-7-13-29/h2-26H,(H,39,40)/b9-8+,35-14-. The molecule has 0 spiro atoms. The molecule has 0 unspecified atom stereocenters. The fourth-order valence-corrected chi connectivity index (χ4v) is 4.46. The normalized spacial score (nSPS) is 11.2. The van der Waals surface area contributed by atoms with Crippen LogP contribution in [0.2, 0.25) is 0 Å². The number of hydrogen-bond acceptors (Lipinski definition) is 2. The number of carbonyl (C=O) groups is 1. The Kier molecular flexibility index (Phi) is 7.96. The minimum absolute atomic E-state index is 0.322. The van der Waals surface area contributed by atoms with Crippen LogP contribution in [-0.2, 0) is 4.79 Å². The van der Waals surface area contributed by atoms with Gasteiger partial charge in [0.2, 0.25) is 0 Å². The van der Waals surface area contributed by atoms with Gasteiger partial charge in [0.15, 0.2) is 0 Å². The molecule has 0 bridgehead atoms. The van der Waals surface area contributed by atoms with Crippen molar-refractivity contribution >= 4 is 29.1 Å². The fraction of sp³-hybridized carbons (Fsp3) is 0. The first-order chi connectivity index (χ1) is 19.6. The van der Waals surface area contributed by atoms with E-state index in [4.69, 9.17) is 11.7 Å². The Morgan fingerprint density at radius 3 is 1.40 bits per heavy atom. The molecule has 0 aliphatic rings. The highest BCUT2D eigenvalue weighted by Crippen LogP contribution is 2.36. The molecule has 0 amide bonds. The fourth-order valence-electron chi connectivity index (χ4n) is 4.46. The van der Waals surface area contributed by atoms with Gasteiger partial charge in [-0.05, 0) is 70.3 Å². The average molecular weight is 519 g/mol. The summed E-state index contributed by atoms with van der Waals surface area (Å²) in [6.45, 7) is 6.97. The molecule has 40 heavy (non-hydrogen) atoms. The Morgan fingerprint density at radius 1 is 0.600 bits per heavy atom. The van der Waals surface area contributed by atoms with E-state index >= 15 is 0 Å². The monoisotopic (exact) mass is 518 g/mol. The Hall–Kier alpha value is -5.66. The highest BCUT2D eigenvalue weighted by atomic mass is 16.4. The summed E-state index contributed by atoms with van der Waals surface area (Å²) in [4.78, 5) is 16.3. The number of anilines is 3. The number of benzene rings is 5. The van der Waals surface area contributed by atoms with Gasteiger partial charge in [0.25, 0.3) is 5.70 Å². The van der Waals surface area contributed by atoms with Gasteiger partial charge >= 0.3 is 5.97 Å². The second-order valence-electron chi connectivity index (χ2n) is 9.08. The molecule has 0 aliphatic heterocycles. The van der Waals surface area contributed by atoms with Crippen molar-refractivity contribution in [2.75, 3.05) is 4.90 Å². The van der Waals surface area contributed by atoms with E-state index in [-0.39, 0.29) is 5.70 Å². The van der Waals surface area contributed by atoms with Crippen LogP contribution in [0.5, 0.6) is 0 Å². The van der Waals surface area contributed by atoms with Crippen LogP contribution in [0, 0.1) is 6.57 Å². The first-order valence-corrected chi connectivity index (χ1v) is 12.8. The summed E-state index contributed by atoms with van der Waals surface area (Å²) in [7, 11) is 0. The second kappa shape index (κ2) is 12.3. The summed E-state index contributed by atoms with van der Waals surface area (Å²) < 4.78 is 0. The van der Waals surface area contributed by atoms with Crippen molar-refractivity contribution in [2.24, 2.45) is 0 Å². The van der Waals surface area contributed by atoms with E-state index in [1.165, 1.54) is 17.2 Å². The van der Waals surface area contributed by atoms with Crippen molar-refractivity contribution in [3.8, 4) is 22.3 Å². The first kappa shape index (κ1) is 26.0. The predicted molar refractivity (Wildman–Crippen MR) is 163 cm³/mol. The Bertz CT molecular complexity index is 1600. The summed E-state index contributed by atoms with van der Waals surface area (Å²) in [6.07, 6.45) is 4.67. The third kappa shape index (κ3) is 6.07. The van der Waals surface area contributed by atoms with Crippen LogP contribution in [0.15, 0.2) is 151 Å². The molecule has 1 N–H and O–H groups in total. The van der Waals surface area contributed by atoms with E-state index in [9.17, 15) is 4.79 Å². The van der Waals surface area contributed by atoms with E-state index in [0.29, 0.717) is 0 Å². The van der Waals surface area contributed by atoms with Gasteiger partial charge in [-0.15, -0.1) is 0 Å². The van der Waals surface area contributed by atoms with Crippen LogP contribution in [0.4, 0.5) is 17.1 Å². The number of carboxylic acid groups (broad SMARTS) is 1. The van der Waals surface area contributed by atoms with Gasteiger partial charge in [-0.25, -0.2) is 4.85 Å². The van der Waals surface area contributed by atoms with Crippen LogP contribution in [0.3, 0.4) is 0 Å². The van der Waals surface area contributed by atoms with Crippen molar-refractivity contribution in [1.82, 2.24) is 0 Å². The quantitative estimate of drug-likeness (QED) is 0.126. The first-order valence-electron chi connectivity index (χ1n) is 12.8. The molecule has 0 saturated heterocycles. The molecule has 5 rings (SSSR count). The zero-order valence-electron chi connectivity index (χ0n) is 21.7. The second-order valence-corrected chi connectivity index (χ2v) is 9.08. The maximum atomic E-state index is 11.0. The van der Waals surface area contributed by atoms with Gasteiger partial charge in [-0.1, -0.05) is 109 Å². The van der Waals surface area contributed by atoms with E-state index in [0.717, 1.165) is 33.8 Å². The van der Waals surface area contributed by atoms with Crippen LogP contribution in [0.1, 0.15) is 5.56 Å². The van der Waals surface area contributed by atoms with E-state index in [2.05, 4.69) is 82.5 Å². The SMILES string of the molecule is [C-]#[N+]/C(=C\C=C\c1ccc(N(c2ccc(-c3ccccc3)cc2)c2ccc(-c3ccccc3)cc2)cc1)C(=O)O. The molecule has 0 radical (unpaired) electrons. The Balaban J connectivity index is 1.48. The van der Waals surface area contributed by atoms with Gasteiger partial charge in [0.05, 0.1) is 6.57 Å². The molecule has 5 aromatic rings. The lowest BCUT2D eigenvalue weighted by Gasteiger charge is -2.26. The zero-order valence-corrected chi connectivity index (χ0v) is 21.7.